The van der Waals surface area contributed by atoms with E-state index in [-0.39, 0.29) is 18.5 Å². The first-order chi connectivity index (χ1) is 43.7. The highest BCUT2D eigenvalue weighted by atomic mass is 16.7. The summed E-state index contributed by atoms with van der Waals surface area (Å²) in [6, 6.07) is -0.826. The van der Waals surface area contributed by atoms with Crippen LogP contribution in [0.15, 0.2) is 60.8 Å². The van der Waals surface area contributed by atoms with Crippen LogP contribution in [0.2, 0.25) is 0 Å². The van der Waals surface area contributed by atoms with Gasteiger partial charge in [0.1, 0.15) is 24.4 Å². The molecule has 1 fully saturated rings. The van der Waals surface area contributed by atoms with Crippen LogP contribution in [0, 0.1) is 0 Å². The molecule has 0 aromatic rings. The molecule has 0 aliphatic carbocycles. The second-order valence-corrected chi connectivity index (χ2v) is 26.3. The van der Waals surface area contributed by atoms with Gasteiger partial charge in [0, 0.05) is 12.8 Å². The summed E-state index contributed by atoms with van der Waals surface area (Å²) < 4.78 is 16.7. The number of esters is 1. The van der Waals surface area contributed by atoms with Crippen LogP contribution >= 0.6 is 0 Å². The number of carbonyl (C=O) groups is 2. The molecule has 0 aromatic carbocycles. The quantitative estimate of drug-likeness (QED) is 0.0195. The molecular formula is C78H143NO10. The molecule has 11 heteroatoms. The number of hydrogen-bond acceptors (Lipinski definition) is 10. The molecule has 0 aromatic heterocycles. The first kappa shape index (κ1) is 84.4. The Morgan fingerprint density at radius 2 is 0.764 bits per heavy atom. The molecular weight excluding hydrogens is 1110 g/mol. The first-order valence-corrected chi connectivity index (χ1v) is 38.1. The van der Waals surface area contributed by atoms with E-state index in [1.54, 1.807) is 6.08 Å². The third kappa shape index (κ3) is 55.5. The fourth-order valence-corrected chi connectivity index (χ4v) is 11.8. The molecule has 7 atom stereocenters. The highest BCUT2D eigenvalue weighted by Gasteiger charge is 2.44. The highest BCUT2D eigenvalue weighted by molar-refractivity contribution is 5.76. The van der Waals surface area contributed by atoms with Crippen LogP contribution in [0.25, 0.3) is 0 Å². The van der Waals surface area contributed by atoms with Crippen LogP contribution in [0.4, 0.5) is 0 Å². The van der Waals surface area contributed by atoms with Crippen molar-refractivity contribution in [3.8, 4) is 0 Å². The number of amides is 1. The van der Waals surface area contributed by atoms with Crippen LogP contribution in [0.1, 0.15) is 361 Å². The lowest BCUT2D eigenvalue weighted by molar-refractivity contribution is -0.302. The van der Waals surface area contributed by atoms with E-state index in [0.717, 1.165) is 64.2 Å². The fourth-order valence-electron chi connectivity index (χ4n) is 11.8. The smallest absolute Gasteiger partial charge is 0.305 e. The molecule has 0 spiro atoms. The molecule has 89 heavy (non-hydrogen) atoms. The maximum Gasteiger partial charge on any atom is 0.305 e. The Balaban J connectivity index is 1.93. The molecule has 0 radical (unpaired) electrons. The van der Waals surface area contributed by atoms with Crippen LogP contribution in [-0.2, 0) is 23.8 Å². The Kier molecular flexibility index (Phi) is 63.3. The van der Waals surface area contributed by atoms with Gasteiger partial charge in [0.2, 0.25) is 5.91 Å². The molecule has 1 heterocycles. The number of allylic oxidation sites excluding steroid dienone is 9. The molecule has 1 amide bonds. The zero-order valence-corrected chi connectivity index (χ0v) is 57.9. The first-order valence-electron chi connectivity index (χ1n) is 38.1. The molecule has 1 aliphatic rings. The van der Waals surface area contributed by atoms with Crippen molar-refractivity contribution in [3.05, 3.63) is 60.8 Å². The van der Waals surface area contributed by atoms with Gasteiger partial charge in [-0.15, -0.1) is 0 Å². The maximum absolute atomic E-state index is 13.1. The van der Waals surface area contributed by atoms with E-state index < -0.39 is 49.5 Å². The number of nitrogens with one attached hydrogen (secondary N) is 1. The largest absolute Gasteiger partial charge is 0.466 e. The molecule has 1 saturated heterocycles. The number of aliphatic hydroxyl groups excluding tert-OH is 5. The van der Waals surface area contributed by atoms with Gasteiger partial charge in [-0.3, -0.25) is 9.59 Å². The molecule has 0 bridgehead atoms. The van der Waals surface area contributed by atoms with Crippen molar-refractivity contribution in [2.24, 2.45) is 0 Å². The van der Waals surface area contributed by atoms with E-state index in [1.165, 1.54) is 270 Å². The van der Waals surface area contributed by atoms with E-state index in [2.05, 4.69) is 67.8 Å². The van der Waals surface area contributed by atoms with E-state index in [1.807, 2.05) is 6.08 Å². The Morgan fingerprint density at radius 1 is 0.416 bits per heavy atom. The predicted molar refractivity (Wildman–Crippen MR) is 375 cm³/mol. The lowest BCUT2D eigenvalue weighted by atomic mass is 9.99. The minimum absolute atomic E-state index is 0.00220. The molecule has 7 unspecified atom stereocenters. The Bertz CT molecular complexity index is 1660. The van der Waals surface area contributed by atoms with Crippen molar-refractivity contribution in [1.82, 2.24) is 5.32 Å². The summed E-state index contributed by atoms with van der Waals surface area (Å²) >= 11 is 0. The fraction of sp³-hybridized carbons (Fsp3) is 0.846. The lowest BCUT2D eigenvalue weighted by Gasteiger charge is -2.40. The summed E-state index contributed by atoms with van der Waals surface area (Å²) in [5, 5.41) is 54.5. The number of hydrogen-bond donors (Lipinski definition) is 6. The van der Waals surface area contributed by atoms with Crippen molar-refractivity contribution < 1.29 is 49.3 Å². The summed E-state index contributed by atoms with van der Waals surface area (Å²) in [5.74, 6) is -0.187. The number of ether oxygens (including phenoxy) is 3. The SMILES string of the molecule is CCCCC/C=C\CCCCCCCC(=O)OCCCCCCCCCCCCCCC/C=C\C/C=C\CCCCCCCCCCCCCCCCCCCC(=O)NC(COC1OC(CO)C(O)C(O)C1O)C(O)/C=C/CC/C=C/CCCCCCCC. The van der Waals surface area contributed by atoms with E-state index in [0.29, 0.717) is 19.4 Å². The highest BCUT2D eigenvalue weighted by Crippen LogP contribution is 2.23. The van der Waals surface area contributed by atoms with Crippen molar-refractivity contribution in [2.45, 2.75) is 403 Å². The Hall–Kier alpha value is -2.64. The van der Waals surface area contributed by atoms with E-state index in [9.17, 15) is 35.1 Å². The normalized spacial score (nSPS) is 18.0. The monoisotopic (exact) mass is 1250 g/mol. The maximum atomic E-state index is 13.1. The van der Waals surface area contributed by atoms with Gasteiger partial charge >= 0.3 is 5.97 Å². The van der Waals surface area contributed by atoms with Gasteiger partial charge in [-0.1, -0.05) is 306 Å². The van der Waals surface area contributed by atoms with Crippen molar-refractivity contribution in [1.29, 1.82) is 0 Å². The van der Waals surface area contributed by atoms with Crippen LogP contribution < -0.4 is 5.32 Å². The average Bonchev–Trinajstić information content (AvgIpc) is 2.45. The Morgan fingerprint density at radius 3 is 1.20 bits per heavy atom. The van der Waals surface area contributed by atoms with Gasteiger partial charge in [-0.2, -0.15) is 0 Å². The topological polar surface area (TPSA) is 175 Å². The number of rotatable bonds is 67. The molecule has 1 rings (SSSR count). The summed E-state index contributed by atoms with van der Waals surface area (Å²) in [5.41, 5.74) is 0. The summed E-state index contributed by atoms with van der Waals surface area (Å²) in [6.45, 7) is 4.32. The van der Waals surface area contributed by atoms with Crippen LogP contribution in [0.5, 0.6) is 0 Å². The second-order valence-electron chi connectivity index (χ2n) is 26.3. The zero-order valence-electron chi connectivity index (χ0n) is 57.9. The third-order valence-corrected chi connectivity index (χ3v) is 17.8. The van der Waals surface area contributed by atoms with Gasteiger partial charge in [0.25, 0.3) is 0 Å². The Labute approximate surface area is 548 Å². The molecule has 1 aliphatic heterocycles. The van der Waals surface area contributed by atoms with E-state index in [4.69, 9.17) is 14.2 Å². The van der Waals surface area contributed by atoms with Gasteiger partial charge in [-0.05, 0) is 103 Å². The molecule has 0 saturated carbocycles. The van der Waals surface area contributed by atoms with Crippen LogP contribution in [-0.4, -0.2) is 100 Å². The number of aliphatic hydroxyl groups is 5. The molecule has 11 nitrogen and oxygen atoms in total. The van der Waals surface area contributed by atoms with Gasteiger partial charge in [-0.25, -0.2) is 0 Å². The standard InChI is InChI=1S/C78H143NO10/c1-3-5-7-9-11-13-15-44-48-52-56-60-64-71(81)70(69-88-78-77(86)76(85)75(84)72(68-80)89-78)79-73(82)65-61-57-53-49-45-42-40-38-36-34-32-30-28-26-24-22-20-18-17-19-21-23-25-27-29-31-33-35-37-39-41-43-47-51-55-59-63-67-87-74(83)66-62-58-54-50-46-16-14-12-10-8-6-4-2/h12,14,17,19,23,25,44,48,60,64,70-72,75-78,80-81,84-86H,3-11,13,15-16,18,20-22,24,26-43,45-47,49-59,61-63,65-69H2,1-2H3,(H,79,82)/b14-12-,19-17-,25-23-,48-44+,64-60+. The van der Waals surface area contributed by atoms with Gasteiger partial charge < -0.3 is 45.1 Å². The number of unbranched alkanes of at least 4 members (excludes halogenated alkanes) is 45. The van der Waals surface area contributed by atoms with Crippen molar-refractivity contribution in [3.63, 3.8) is 0 Å². The average molecular weight is 1250 g/mol. The lowest BCUT2D eigenvalue weighted by Crippen LogP contribution is -2.60. The second kappa shape index (κ2) is 66.8. The predicted octanol–water partition coefficient (Wildman–Crippen LogP) is 20.1. The van der Waals surface area contributed by atoms with Crippen LogP contribution in [0.3, 0.4) is 0 Å². The summed E-state index contributed by atoms with van der Waals surface area (Å²) in [4.78, 5) is 25.1. The van der Waals surface area contributed by atoms with Crippen molar-refractivity contribution >= 4 is 11.9 Å². The third-order valence-electron chi connectivity index (χ3n) is 17.8. The minimum atomic E-state index is -1.58. The zero-order chi connectivity index (χ0) is 64.4. The number of carbonyl (C=O) groups excluding carboxylic acids is 2. The summed E-state index contributed by atoms with van der Waals surface area (Å²) in [6.07, 6.45) is 79.6. The minimum Gasteiger partial charge on any atom is -0.466 e. The van der Waals surface area contributed by atoms with E-state index >= 15 is 0 Å². The molecule has 6 N–H and O–H groups in total. The summed E-state index contributed by atoms with van der Waals surface area (Å²) in [7, 11) is 0. The van der Waals surface area contributed by atoms with Gasteiger partial charge in [0.05, 0.1) is 32.0 Å². The molecule has 520 valence electrons. The van der Waals surface area contributed by atoms with Gasteiger partial charge in [0.15, 0.2) is 6.29 Å². The van der Waals surface area contributed by atoms with Crippen molar-refractivity contribution in [2.75, 3.05) is 19.8 Å².